The highest BCUT2D eigenvalue weighted by molar-refractivity contribution is 5.96. The lowest BCUT2D eigenvalue weighted by Crippen LogP contribution is -2.67. The highest BCUT2D eigenvalue weighted by atomic mass is 16.5. The monoisotopic (exact) mass is 278 g/mol. The molecule has 6 nitrogen and oxygen atoms in total. The van der Waals surface area contributed by atoms with Crippen molar-refractivity contribution in [3.63, 3.8) is 0 Å². The van der Waals surface area contributed by atoms with Crippen LogP contribution in [-0.4, -0.2) is 60.2 Å². The molecule has 1 aromatic rings. The molecule has 1 aliphatic rings. The first-order valence-corrected chi connectivity index (χ1v) is 6.26. The smallest absolute Gasteiger partial charge is 0.276 e. The van der Waals surface area contributed by atoms with E-state index in [4.69, 9.17) is 4.74 Å². The maximum atomic E-state index is 12.2. The Morgan fingerprint density at radius 2 is 1.85 bits per heavy atom. The third-order valence-electron chi connectivity index (χ3n) is 3.60. The molecule has 108 valence electrons. The van der Waals surface area contributed by atoms with Crippen LogP contribution in [0.3, 0.4) is 0 Å². The van der Waals surface area contributed by atoms with E-state index in [0.717, 1.165) is 10.5 Å². The van der Waals surface area contributed by atoms with Gasteiger partial charge in [0.15, 0.2) is 0 Å². The first-order valence-electron chi connectivity index (χ1n) is 6.26. The van der Waals surface area contributed by atoms with Gasteiger partial charge in [0.05, 0.1) is 13.7 Å². The summed E-state index contributed by atoms with van der Waals surface area (Å²) in [6.07, 6.45) is 0.0441. The Bertz CT molecular complexity index is 528. The summed E-state index contributed by atoms with van der Waals surface area (Å²) in [6, 6.07) is 7.02. The molecule has 1 heterocycles. The molecule has 1 N–H and O–H groups in total. The lowest BCUT2D eigenvalue weighted by molar-refractivity contribution is -0.188. The second-order valence-corrected chi connectivity index (χ2v) is 4.96. The fraction of sp³-hybridized carbons (Fsp3) is 0.429. The van der Waals surface area contributed by atoms with Gasteiger partial charge in [-0.15, -0.1) is 0 Å². The number of rotatable bonds is 3. The molecule has 1 fully saturated rings. The van der Waals surface area contributed by atoms with Crippen LogP contribution >= 0.6 is 0 Å². The van der Waals surface area contributed by atoms with E-state index >= 15 is 0 Å². The van der Waals surface area contributed by atoms with Crippen molar-refractivity contribution < 1.29 is 19.4 Å². The van der Waals surface area contributed by atoms with E-state index in [1.165, 1.54) is 19.0 Å². The lowest BCUT2D eigenvalue weighted by atomic mass is 9.97. The minimum atomic E-state index is -1.83. The number of carbonyl (C=O) groups excluding carboxylic acids is 2. The zero-order valence-corrected chi connectivity index (χ0v) is 11.8. The number of piperazine rings is 1. The Morgan fingerprint density at radius 3 is 2.40 bits per heavy atom. The van der Waals surface area contributed by atoms with Crippen molar-refractivity contribution in [1.29, 1.82) is 0 Å². The quantitative estimate of drug-likeness (QED) is 0.835. The number of amides is 2. The number of carbonyl (C=O) groups is 2. The molecule has 0 aliphatic carbocycles. The third kappa shape index (κ3) is 2.34. The highest BCUT2D eigenvalue weighted by Crippen LogP contribution is 2.24. The minimum Gasteiger partial charge on any atom is -0.497 e. The Labute approximate surface area is 117 Å². The fourth-order valence-corrected chi connectivity index (χ4v) is 2.26. The summed E-state index contributed by atoms with van der Waals surface area (Å²) in [5.41, 5.74) is -1.09. The average Bonchev–Trinajstić information content (AvgIpc) is 2.44. The largest absolute Gasteiger partial charge is 0.497 e. The van der Waals surface area contributed by atoms with Crippen molar-refractivity contribution in [2.75, 3.05) is 27.7 Å². The first-order chi connectivity index (χ1) is 9.38. The van der Waals surface area contributed by atoms with Gasteiger partial charge >= 0.3 is 0 Å². The number of benzene rings is 1. The second kappa shape index (κ2) is 5.13. The van der Waals surface area contributed by atoms with Crippen LogP contribution in [0.5, 0.6) is 5.75 Å². The molecule has 0 bridgehead atoms. The van der Waals surface area contributed by atoms with Gasteiger partial charge in [-0.25, -0.2) is 0 Å². The van der Waals surface area contributed by atoms with Gasteiger partial charge in [-0.05, 0) is 17.7 Å². The van der Waals surface area contributed by atoms with Crippen LogP contribution in [0.15, 0.2) is 24.3 Å². The fourth-order valence-electron chi connectivity index (χ4n) is 2.26. The van der Waals surface area contributed by atoms with E-state index in [0.29, 0.717) is 5.75 Å². The molecule has 2 amide bonds. The topological polar surface area (TPSA) is 70.1 Å². The Morgan fingerprint density at radius 1 is 1.25 bits per heavy atom. The summed E-state index contributed by atoms with van der Waals surface area (Å²) < 4.78 is 5.06. The average molecular weight is 278 g/mol. The first kappa shape index (κ1) is 14.3. The molecule has 0 saturated carbocycles. The molecule has 2 rings (SSSR count). The normalized spacial score (nSPS) is 23.2. The summed E-state index contributed by atoms with van der Waals surface area (Å²) >= 11 is 0. The van der Waals surface area contributed by atoms with Crippen molar-refractivity contribution in [2.24, 2.45) is 0 Å². The summed E-state index contributed by atoms with van der Waals surface area (Å²) in [4.78, 5) is 26.3. The SMILES string of the molecule is COc1ccc(CC2(O)C(=O)N(C)CC(=O)N2C)cc1. The second-order valence-electron chi connectivity index (χ2n) is 4.96. The molecule has 1 aromatic carbocycles. The molecule has 1 atom stereocenters. The van der Waals surface area contributed by atoms with Crippen molar-refractivity contribution in [3.05, 3.63) is 29.8 Å². The zero-order valence-electron chi connectivity index (χ0n) is 11.8. The van der Waals surface area contributed by atoms with E-state index in [1.54, 1.807) is 31.4 Å². The van der Waals surface area contributed by atoms with Crippen LogP contribution in [0.4, 0.5) is 0 Å². The zero-order chi connectivity index (χ0) is 14.9. The maximum Gasteiger partial charge on any atom is 0.276 e. The van der Waals surface area contributed by atoms with Gasteiger partial charge in [-0.1, -0.05) is 12.1 Å². The van der Waals surface area contributed by atoms with Crippen molar-refractivity contribution in [1.82, 2.24) is 9.80 Å². The molecule has 20 heavy (non-hydrogen) atoms. The predicted octanol–water partition coefficient (Wildman–Crippen LogP) is -0.143. The molecule has 1 saturated heterocycles. The number of hydrogen-bond donors (Lipinski definition) is 1. The van der Waals surface area contributed by atoms with Crippen molar-refractivity contribution in [3.8, 4) is 5.75 Å². The highest BCUT2D eigenvalue weighted by Gasteiger charge is 2.48. The van der Waals surface area contributed by atoms with Gasteiger partial charge in [-0.2, -0.15) is 0 Å². The molecular weight excluding hydrogens is 260 g/mol. The van der Waals surface area contributed by atoms with Gasteiger partial charge < -0.3 is 19.6 Å². The van der Waals surface area contributed by atoms with Gasteiger partial charge in [0.1, 0.15) is 5.75 Å². The Kier molecular flexibility index (Phi) is 3.67. The number of hydrogen-bond acceptors (Lipinski definition) is 4. The minimum absolute atomic E-state index is 0.0136. The molecule has 0 aromatic heterocycles. The van der Waals surface area contributed by atoms with E-state index in [9.17, 15) is 14.7 Å². The standard InChI is InChI=1S/C14H18N2O4/c1-15-9-12(17)16(2)14(19,13(15)18)8-10-4-6-11(20-3)7-5-10/h4-7,19H,8-9H2,1-3H3. The van der Waals surface area contributed by atoms with E-state index < -0.39 is 11.6 Å². The van der Waals surface area contributed by atoms with E-state index in [-0.39, 0.29) is 18.9 Å². The molecule has 1 unspecified atom stereocenters. The summed E-state index contributed by atoms with van der Waals surface area (Å²) in [5, 5.41) is 10.6. The number of likely N-dealkylation sites (N-methyl/N-ethyl adjacent to an activating group) is 2. The number of methoxy groups -OCH3 is 1. The summed E-state index contributed by atoms with van der Waals surface area (Å²) in [6.45, 7) is -0.0136. The third-order valence-corrected chi connectivity index (χ3v) is 3.60. The van der Waals surface area contributed by atoms with Crippen LogP contribution in [0.25, 0.3) is 0 Å². The van der Waals surface area contributed by atoms with Crippen molar-refractivity contribution in [2.45, 2.75) is 12.1 Å². The van der Waals surface area contributed by atoms with Gasteiger partial charge in [0, 0.05) is 20.5 Å². The van der Waals surface area contributed by atoms with Crippen LogP contribution in [0.1, 0.15) is 5.56 Å². The number of aliphatic hydroxyl groups is 1. The lowest BCUT2D eigenvalue weighted by Gasteiger charge is -2.43. The Hall–Kier alpha value is -2.08. The molecular formula is C14H18N2O4. The van der Waals surface area contributed by atoms with Crippen LogP contribution in [-0.2, 0) is 16.0 Å². The Balaban J connectivity index is 2.27. The van der Waals surface area contributed by atoms with Crippen LogP contribution in [0.2, 0.25) is 0 Å². The van der Waals surface area contributed by atoms with E-state index in [2.05, 4.69) is 0 Å². The van der Waals surface area contributed by atoms with E-state index in [1.807, 2.05) is 0 Å². The molecule has 6 heteroatoms. The van der Waals surface area contributed by atoms with Crippen molar-refractivity contribution >= 4 is 11.8 Å². The molecule has 0 spiro atoms. The van der Waals surface area contributed by atoms with Gasteiger partial charge in [-0.3, -0.25) is 9.59 Å². The maximum absolute atomic E-state index is 12.2. The summed E-state index contributed by atoms with van der Waals surface area (Å²) in [5.74, 6) is -0.0733. The number of ether oxygens (including phenoxy) is 1. The van der Waals surface area contributed by atoms with Gasteiger partial charge in [0.25, 0.3) is 5.91 Å². The van der Waals surface area contributed by atoms with Gasteiger partial charge in [0.2, 0.25) is 11.6 Å². The van der Waals surface area contributed by atoms with Crippen LogP contribution < -0.4 is 4.74 Å². The molecule has 0 radical (unpaired) electrons. The van der Waals surface area contributed by atoms with Crippen LogP contribution in [0, 0.1) is 0 Å². The predicted molar refractivity (Wildman–Crippen MR) is 72.1 cm³/mol. The number of nitrogens with zero attached hydrogens (tertiary/aromatic N) is 2. The summed E-state index contributed by atoms with van der Waals surface area (Å²) in [7, 11) is 4.51. The molecule has 1 aliphatic heterocycles.